The highest BCUT2D eigenvalue weighted by atomic mass is 19.4. The van der Waals surface area contributed by atoms with Gasteiger partial charge in [0.2, 0.25) is 0 Å². The van der Waals surface area contributed by atoms with E-state index in [0.717, 1.165) is 24.3 Å². The first kappa shape index (κ1) is 16.1. The van der Waals surface area contributed by atoms with Crippen molar-refractivity contribution in [3.8, 4) is 0 Å². The van der Waals surface area contributed by atoms with Crippen molar-refractivity contribution in [3.05, 3.63) is 59.5 Å². The second-order valence-electron chi connectivity index (χ2n) is 4.65. The molecule has 1 amide bonds. The Morgan fingerprint density at radius 1 is 1.23 bits per heavy atom. The van der Waals surface area contributed by atoms with E-state index in [1.165, 1.54) is 6.26 Å². The number of carbonyl (C=O) groups excluding carboxylic acids is 1. The molecule has 1 atom stereocenters. The van der Waals surface area contributed by atoms with Crippen LogP contribution in [0.2, 0.25) is 0 Å². The lowest BCUT2D eigenvalue weighted by Crippen LogP contribution is -2.25. The highest BCUT2D eigenvalue weighted by Crippen LogP contribution is 2.29. The Morgan fingerprint density at radius 2 is 1.91 bits per heavy atom. The van der Waals surface area contributed by atoms with Crippen molar-refractivity contribution in [1.29, 1.82) is 0 Å². The minimum absolute atomic E-state index is 0.125. The van der Waals surface area contributed by atoms with Gasteiger partial charge >= 0.3 is 6.18 Å². The molecule has 0 aliphatic carbocycles. The van der Waals surface area contributed by atoms with E-state index in [1.807, 2.05) is 0 Å². The summed E-state index contributed by atoms with van der Waals surface area (Å²) in [4.78, 5) is 11.8. The predicted molar refractivity (Wildman–Crippen MR) is 72.1 cm³/mol. The smallest absolute Gasteiger partial charge is 0.416 e. The van der Waals surface area contributed by atoms with Crippen LogP contribution in [0.25, 0.3) is 0 Å². The summed E-state index contributed by atoms with van der Waals surface area (Å²) in [5, 5.41) is 12.3. The number of alkyl halides is 3. The van der Waals surface area contributed by atoms with Gasteiger partial charge in [-0.1, -0.05) is 0 Å². The molecular weight excluding hydrogens is 299 g/mol. The third kappa shape index (κ3) is 4.11. The monoisotopic (exact) mass is 313 g/mol. The molecule has 1 aromatic carbocycles. The van der Waals surface area contributed by atoms with E-state index in [2.05, 4.69) is 5.32 Å². The van der Waals surface area contributed by atoms with Crippen LogP contribution in [0.5, 0.6) is 0 Å². The second kappa shape index (κ2) is 6.65. The first-order valence-corrected chi connectivity index (χ1v) is 6.55. The van der Waals surface area contributed by atoms with Gasteiger partial charge < -0.3 is 14.8 Å². The van der Waals surface area contributed by atoms with Crippen LogP contribution in [-0.4, -0.2) is 17.6 Å². The molecule has 0 aliphatic rings. The summed E-state index contributed by atoms with van der Waals surface area (Å²) in [6.45, 7) is 0.168. The number of nitrogens with one attached hydrogen (secondary N) is 1. The summed E-state index contributed by atoms with van der Waals surface area (Å²) in [6, 6.07) is 7.18. The van der Waals surface area contributed by atoms with E-state index in [1.54, 1.807) is 12.1 Å². The zero-order valence-electron chi connectivity index (χ0n) is 11.4. The van der Waals surface area contributed by atoms with E-state index in [4.69, 9.17) is 4.42 Å². The summed E-state index contributed by atoms with van der Waals surface area (Å²) in [6.07, 6.45) is -3.61. The van der Waals surface area contributed by atoms with Crippen LogP contribution in [0.3, 0.4) is 0 Å². The molecule has 2 aromatic rings. The highest BCUT2D eigenvalue weighted by Gasteiger charge is 2.30. The van der Waals surface area contributed by atoms with Gasteiger partial charge in [-0.3, -0.25) is 4.79 Å². The summed E-state index contributed by atoms with van der Waals surface area (Å²) in [5.74, 6) is -0.107. The molecule has 0 spiro atoms. The predicted octanol–water partition coefficient (Wildman–Crippen LogP) is 3.15. The molecule has 0 saturated heterocycles. The average Bonchev–Trinajstić information content (AvgIpc) is 3.00. The summed E-state index contributed by atoms with van der Waals surface area (Å²) < 4.78 is 42.2. The topological polar surface area (TPSA) is 62.5 Å². The van der Waals surface area contributed by atoms with Crippen molar-refractivity contribution in [2.45, 2.75) is 18.7 Å². The SMILES string of the molecule is O=C(NCC[C@@H](O)c1ccco1)c1ccc(C(F)(F)F)cc1. The number of rotatable bonds is 5. The molecule has 0 aliphatic heterocycles. The Morgan fingerprint density at radius 3 is 2.45 bits per heavy atom. The van der Waals surface area contributed by atoms with Crippen LogP contribution in [-0.2, 0) is 6.18 Å². The zero-order valence-corrected chi connectivity index (χ0v) is 11.4. The van der Waals surface area contributed by atoms with E-state index in [9.17, 15) is 23.1 Å². The molecule has 1 aromatic heterocycles. The number of carbonyl (C=O) groups is 1. The molecule has 2 N–H and O–H groups in total. The Balaban J connectivity index is 1.85. The maximum atomic E-state index is 12.4. The average molecular weight is 313 g/mol. The Labute approximate surface area is 124 Å². The van der Waals surface area contributed by atoms with Crippen molar-refractivity contribution in [2.75, 3.05) is 6.54 Å². The van der Waals surface area contributed by atoms with E-state index >= 15 is 0 Å². The molecule has 0 saturated carbocycles. The number of benzene rings is 1. The Hall–Kier alpha value is -2.28. The van der Waals surface area contributed by atoms with Gasteiger partial charge in [-0.2, -0.15) is 13.2 Å². The first-order valence-electron chi connectivity index (χ1n) is 6.55. The Bertz CT molecular complexity index is 606. The minimum Gasteiger partial charge on any atom is -0.467 e. The van der Waals surface area contributed by atoms with Gasteiger partial charge in [0.25, 0.3) is 5.91 Å². The molecule has 0 radical (unpaired) electrons. The normalized spacial score (nSPS) is 12.9. The van der Waals surface area contributed by atoms with Crippen LogP contribution in [0, 0.1) is 0 Å². The van der Waals surface area contributed by atoms with E-state index in [0.29, 0.717) is 5.76 Å². The van der Waals surface area contributed by atoms with E-state index in [-0.39, 0.29) is 18.5 Å². The molecule has 0 bridgehead atoms. The van der Waals surface area contributed by atoms with Crippen LogP contribution in [0.4, 0.5) is 13.2 Å². The third-order valence-electron chi connectivity index (χ3n) is 3.05. The number of halogens is 3. The van der Waals surface area contributed by atoms with Gasteiger partial charge in [-0.15, -0.1) is 0 Å². The van der Waals surface area contributed by atoms with Crippen molar-refractivity contribution in [3.63, 3.8) is 0 Å². The van der Waals surface area contributed by atoms with Crippen molar-refractivity contribution < 1.29 is 27.5 Å². The van der Waals surface area contributed by atoms with Crippen LogP contribution in [0.15, 0.2) is 47.1 Å². The number of hydrogen-bond donors (Lipinski definition) is 2. The maximum Gasteiger partial charge on any atom is 0.416 e. The fourth-order valence-corrected chi connectivity index (χ4v) is 1.86. The van der Waals surface area contributed by atoms with Crippen LogP contribution < -0.4 is 5.32 Å². The van der Waals surface area contributed by atoms with Crippen LogP contribution >= 0.6 is 0 Å². The summed E-state index contributed by atoms with van der Waals surface area (Å²) in [7, 11) is 0. The second-order valence-corrected chi connectivity index (χ2v) is 4.65. The lowest BCUT2D eigenvalue weighted by molar-refractivity contribution is -0.137. The lowest BCUT2D eigenvalue weighted by Gasteiger charge is -2.10. The third-order valence-corrected chi connectivity index (χ3v) is 3.05. The van der Waals surface area contributed by atoms with Crippen LogP contribution in [0.1, 0.15) is 34.2 Å². The van der Waals surface area contributed by atoms with Gasteiger partial charge in [0.05, 0.1) is 11.8 Å². The Kier molecular flexibility index (Phi) is 4.87. The molecule has 2 rings (SSSR count). The van der Waals surface area contributed by atoms with Crippen molar-refractivity contribution >= 4 is 5.91 Å². The molecule has 118 valence electrons. The largest absolute Gasteiger partial charge is 0.467 e. The number of furan rings is 1. The minimum atomic E-state index is -4.43. The molecule has 0 fully saturated rings. The first-order chi connectivity index (χ1) is 10.4. The highest BCUT2D eigenvalue weighted by molar-refractivity contribution is 5.94. The van der Waals surface area contributed by atoms with Crippen molar-refractivity contribution in [1.82, 2.24) is 5.32 Å². The fraction of sp³-hybridized carbons (Fsp3) is 0.267. The van der Waals surface area contributed by atoms with Gasteiger partial charge in [0.15, 0.2) is 0 Å². The molecule has 0 unspecified atom stereocenters. The maximum absolute atomic E-state index is 12.4. The number of hydrogen-bond acceptors (Lipinski definition) is 3. The molecule has 4 nitrogen and oxygen atoms in total. The zero-order chi connectivity index (χ0) is 16.2. The summed E-state index contributed by atoms with van der Waals surface area (Å²) in [5.41, 5.74) is -0.683. The van der Waals surface area contributed by atoms with Crippen molar-refractivity contribution in [2.24, 2.45) is 0 Å². The number of aliphatic hydroxyl groups is 1. The number of amides is 1. The lowest BCUT2D eigenvalue weighted by atomic mass is 10.1. The molecule has 7 heteroatoms. The summed E-state index contributed by atoms with van der Waals surface area (Å²) >= 11 is 0. The molecule has 22 heavy (non-hydrogen) atoms. The van der Waals surface area contributed by atoms with Gasteiger partial charge in [-0.25, -0.2) is 0 Å². The van der Waals surface area contributed by atoms with Gasteiger partial charge in [-0.05, 0) is 42.8 Å². The van der Waals surface area contributed by atoms with Gasteiger partial charge in [0.1, 0.15) is 11.9 Å². The standard InChI is InChI=1S/C15H14F3NO3/c16-15(17,18)11-5-3-10(4-6-11)14(21)19-8-7-12(20)13-2-1-9-22-13/h1-6,9,12,20H,7-8H2,(H,19,21)/t12-/m1/s1. The quantitative estimate of drug-likeness (QED) is 0.891. The van der Waals surface area contributed by atoms with E-state index < -0.39 is 23.8 Å². The molecular formula is C15H14F3NO3. The number of aliphatic hydroxyl groups excluding tert-OH is 1. The fourth-order valence-electron chi connectivity index (χ4n) is 1.86. The molecule has 1 heterocycles. The van der Waals surface area contributed by atoms with Gasteiger partial charge in [0, 0.05) is 12.1 Å².